The van der Waals surface area contributed by atoms with Crippen LogP contribution < -0.4 is 0 Å². The largest absolute Gasteiger partial charge is 0.282 e. The van der Waals surface area contributed by atoms with Crippen LogP contribution in [0.1, 0.15) is 32.6 Å². The second-order valence-electron chi connectivity index (χ2n) is 4.83. The summed E-state index contributed by atoms with van der Waals surface area (Å²) in [5.41, 5.74) is 0. The molecule has 3 nitrogen and oxygen atoms in total. The van der Waals surface area contributed by atoms with Crippen molar-refractivity contribution in [3.63, 3.8) is 0 Å². The molecule has 1 saturated heterocycles. The molecule has 0 aromatic carbocycles. The summed E-state index contributed by atoms with van der Waals surface area (Å²) in [4.78, 5) is 25.5. The third kappa shape index (κ3) is 1.86. The summed E-state index contributed by atoms with van der Waals surface area (Å²) < 4.78 is 0. The topological polar surface area (TPSA) is 37.4 Å². The average molecular weight is 244 g/mol. The normalized spacial score (nSPS) is 33.6. The number of likely N-dealkylation sites (tertiary alicyclic amines) is 1. The molecule has 1 aliphatic heterocycles. The molecule has 2 amide bonds. The van der Waals surface area contributed by atoms with E-state index in [1.165, 1.54) is 4.90 Å². The second-order valence-corrected chi connectivity index (χ2v) is 5.21. The summed E-state index contributed by atoms with van der Waals surface area (Å²) in [6, 6.07) is 0. The van der Waals surface area contributed by atoms with Crippen molar-refractivity contribution in [2.75, 3.05) is 12.4 Å². The van der Waals surface area contributed by atoms with E-state index in [9.17, 15) is 9.59 Å². The van der Waals surface area contributed by atoms with Crippen molar-refractivity contribution >= 4 is 23.4 Å². The summed E-state index contributed by atoms with van der Waals surface area (Å²) in [5.74, 6) is 1.13. The minimum Gasteiger partial charge on any atom is -0.282 e. The second kappa shape index (κ2) is 4.74. The first-order valence-corrected chi connectivity index (χ1v) is 6.63. The van der Waals surface area contributed by atoms with E-state index in [0.717, 1.165) is 19.3 Å². The molecular weight excluding hydrogens is 226 g/mol. The minimum atomic E-state index is -0.0206. The van der Waals surface area contributed by atoms with Crippen LogP contribution in [0.5, 0.6) is 0 Å². The molecule has 2 atom stereocenters. The zero-order valence-electron chi connectivity index (χ0n) is 9.62. The molecule has 0 spiro atoms. The number of fused-ring (bicyclic) bond motifs is 1. The van der Waals surface area contributed by atoms with E-state index >= 15 is 0 Å². The van der Waals surface area contributed by atoms with Crippen LogP contribution in [0, 0.1) is 17.8 Å². The fraction of sp³-hybridized carbons (Fsp3) is 0.833. The van der Waals surface area contributed by atoms with Crippen molar-refractivity contribution in [1.82, 2.24) is 4.90 Å². The van der Waals surface area contributed by atoms with Gasteiger partial charge in [-0.2, -0.15) is 0 Å². The molecule has 1 heterocycles. The van der Waals surface area contributed by atoms with E-state index in [4.69, 9.17) is 11.6 Å². The van der Waals surface area contributed by atoms with Gasteiger partial charge in [0.2, 0.25) is 11.8 Å². The number of carbonyl (C=O) groups is 2. The first-order chi connectivity index (χ1) is 7.69. The number of hydrogen-bond acceptors (Lipinski definition) is 2. The van der Waals surface area contributed by atoms with Crippen LogP contribution in [0.25, 0.3) is 0 Å². The number of halogens is 1. The Morgan fingerprint density at radius 3 is 2.25 bits per heavy atom. The predicted molar refractivity (Wildman–Crippen MR) is 62.1 cm³/mol. The molecule has 2 rings (SSSR count). The maximum atomic E-state index is 12.0. The Morgan fingerprint density at radius 2 is 1.81 bits per heavy atom. The fourth-order valence-electron chi connectivity index (χ4n) is 2.97. The van der Waals surface area contributed by atoms with Crippen molar-refractivity contribution in [1.29, 1.82) is 0 Å². The highest BCUT2D eigenvalue weighted by Crippen LogP contribution is 2.44. The van der Waals surface area contributed by atoms with Crippen molar-refractivity contribution < 1.29 is 9.59 Å². The quantitative estimate of drug-likeness (QED) is 0.560. The Hall–Kier alpha value is -0.570. The molecule has 90 valence electrons. The first kappa shape index (κ1) is 11.9. The van der Waals surface area contributed by atoms with Crippen molar-refractivity contribution in [2.24, 2.45) is 17.8 Å². The highest BCUT2D eigenvalue weighted by molar-refractivity contribution is 6.17. The standard InChI is InChI=1S/C12H18ClNO2/c1-2-8-6-9-10(7-8)12(16)14(11(9)15)5-3-4-13/h8-10H,2-7H2,1H3. The Kier molecular flexibility index (Phi) is 3.53. The van der Waals surface area contributed by atoms with Crippen LogP contribution >= 0.6 is 11.6 Å². The zero-order chi connectivity index (χ0) is 11.7. The van der Waals surface area contributed by atoms with Gasteiger partial charge < -0.3 is 0 Å². The van der Waals surface area contributed by atoms with Gasteiger partial charge in [-0.3, -0.25) is 14.5 Å². The van der Waals surface area contributed by atoms with E-state index in [1.807, 2.05) is 0 Å². The molecule has 2 aliphatic rings. The number of carbonyl (C=O) groups excluding carboxylic acids is 2. The average Bonchev–Trinajstić information content (AvgIpc) is 2.80. The van der Waals surface area contributed by atoms with Gasteiger partial charge in [0.25, 0.3) is 0 Å². The van der Waals surface area contributed by atoms with Gasteiger partial charge in [0.05, 0.1) is 11.8 Å². The van der Waals surface area contributed by atoms with Gasteiger partial charge in [-0.1, -0.05) is 13.3 Å². The first-order valence-electron chi connectivity index (χ1n) is 6.10. The van der Waals surface area contributed by atoms with E-state index < -0.39 is 0 Å². The SMILES string of the molecule is CCC1CC2C(=O)N(CCCCl)C(=O)C2C1. The molecular formula is C12H18ClNO2. The summed E-state index contributed by atoms with van der Waals surface area (Å²) in [7, 11) is 0. The summed E-state index contributed by atoms with van der Waals surface area (Å²) >= 11 is 5.59. The lowest BCUT2D eigenvalue weighted by atomic mass is 10.00. The molecule has 4 heteroatoms. The molecule has 0 bridgehead atoms. The lowest BCUT2D eigenvalue weighted by Gasteiger charge is -2.16. The van der Waals surface area contributed by atoms with Gasteiger partial charge in [0, 0.05) is 12.4 Å². The summed E-state index contributed by atoms with van der Waals surface area (Å²) in [6.45, 7) is 2.64. The van der Waals surface area contributed by atoms with Gasteiger partial charge in [-0.05, 0) is 25.2 Å². The predicted octanol–water partition coefficient (Wildman–Crippen LogP) is 2.04. The number of alkyl halides is 1. The number of nitrogens with zero attached hydrogens (tertiary/aromatic N) is 1. The Morgan fingerprint density at radius 1 is 1.25 bits per heavy atom. The van der Waals surface area contributed by atoms with Crippen molar-refractivity contribution in [2.45, 2.75) is 32.6 Å². The van der Waals surface area contributed by atoms with Gasteiger partial charge >= 0.3 is 0 Å². The number of imide groups is 1. The molecule has 2 unspecified atom stereocenters. The molecule has 0 aromatic rings. The van der Waals surface area contributed by atoms with E-state index in [1.54, 1.807) is 0 Å². The molecule has 0 radical (unpaired) electrons. The number of rotatable bonds is 4. The lowest BCUT2D eigenvalue weighted by molar-refractivity contribution is -0.140. The van der Waals surface area contributed by atoms with Crippen LogP contribution in [0.2, 0.25) is 0 Å². The lowest BCUT2D eigenvalue weighted by Crippen LogP contribution is -2.33. The Bertz CT molecular complexity index is 281. The molecule has 0 aromatic heterocycles. The number of hydrogen-bond donors (Lipinski definition) is 0. The zero-order valence-corrected chi connectivity index (χ0v) is 10.4. The van der Waals surface area contributed by atoms with Crippen molar-refractivity contribution in [3.05, 3.63) is 0 Å². The van der Waals surface area contributed by atoms with Gasteiger partial charge in [0.15, 0.2) is 0 Å². The third-order valence-corrected chi connectivity index (χ3v) is 4.19. The molecule has 2 fully saturated rings. The molecule has 0 N–H and O–H groups in total. The van der Waals surface area contributed by atoms with Gasteiger partial charge in [0.1, 0.15) is 0 Å². The minimum absolute atomic E-state index is 0.0206. The Balaban J connectivity index is 2.04. The van der Waals surface area contributed by atoms with Crippen LogP contribution in [0.3, 0.4) is 0 Å². The van der Waals surface area contributed by atoms with Crippen molar-refractivity contribution in [3.8, 4) is 0 Å². The maximum absolute atomic E-state index is 12.0. The van der Waals surface area contributed by atoms with Gasteiger partial charge in [-0.15, -0.1) is 11.6 Å². The summed E-state index contributed by atoms with van der Waals surface area (Å²) in [6.07, 6.45) is 3.59. The third-order valence-electron chi connectivity index (χ3n) is 3.92. The van der Waals surface area contributed by atoms with Crippen LogP contribution in [0.15, 0.2) is 0 Å². The smallest absolute Gasteiger partial charge is 0.233 e. The Labute approximate surface area is 101 Å². The van der Waals surface area contributed by atoms with Crippen LogP contribution in [-0.2, 0) is 9.59 Å². The monoisotopic (exact) mass is 243 g/mol. The van der Waals surface area contributed by atoms with E-state index in [0.29, 0.717) is 24.8 Å². The van der Waals surface area contributed by atoms with Crippen LogP contribution in [0.4, 0.5) is 0 Å². The maximum Gasteiger partial charge on any atom is 0.233 e. The van der Waals surface area contributed by atoms with Crippen LogP contribution in [-0.4, -0.2) is 29.1 Å². The number of amides is 2. The van der Waals surface area contributed by atoms with E-state index in [2.05, 4.69) is 6.92 Å². The molecule has 16 heavy (non-hydrogen) atoms. The fourth-order valence-corrected chi connectivity index (χ4v) is 3.09. The molecule has 1 saturated carbocycles. The molecule has 1 aliphatic carbocycles. The van der Waals surface area contributed by atoms with Gasteiger partial charge in [-0.25, -0.2) is 0 Å². The highest BCUT2D eigenvalue weighted by atomic mass is 35.5. The summed E-state index contributed by atoms with van der Waals surface area (Å²) in [5, 5.41) is 0. The highest BCUT2D eigenvalue weighted by Gasteiger charge is 2.51. The van der Waals surface area contributed by atoms with E-state index in [-0.39, 0.29) is 23.7 Å².